The molecule has 0 saturated carbocycles. The molecule has 0 unspecified atom stereocenters. The van der Waals surface area contributed by atoms with Crippen LogP contribution in [0.4, 0.5) is 8.78 Å². The highest BCUT2D eigenvalue weighted by Gasteiger charge is 2.23. The summed E-state index contributed by atoms with van der Waals surface area (Å²) in [7, 11) is 0. The van der Waals surface area contributed by atoms with E-state index >= 15 is 0 Å². The zero-order chi connectivity index (χ0) is 15.4. The molecule has 1 fully saturated rings. The quantitative estimate of drug-likeness (QED) is 0.780. The summed E-state index contributed by atoms with van der Waals surface area (Å²) in [6, 6.07) is 5.88. The molecule has 1 heterocycles. The molecule has 1 saturated heterocycles. The lowest BCUT2D eigenvalue weighted by molar-refractivity contribution is -0.0498. The van der Waals surface area contributed by atoms with Gasteiger partial charge in [0.2, 0.25) is 0 Å². The molecule has 2 atom stereocenters. The summed E-state index contributed by atoms with van der Waals surface area (Å²) in [5.41, 5.74) is 0.530. The van der Waals surface area contributed by atoms with Gasteiger partial charge in [0.05, 0.1) is 6.54 Å². The molecular weight excluding hydrogens is 276 g/mol. The highest BCUT2D eigenvalue weighted by Crippen LogP contribution is 2.21. The highest BCUT2D eigenvalue weighted by atomic mass is 19.3. The number of ketones is 1. The molecule has 116 valence electrons. The number of carbonyl (C=O) groups excluding carboxylic acids is 1. The molecule has 1 aromatic carbocycles. The lowest BCUT2D eigenvalue weighted by Gasteiger charge is -2.34. The second kappa shape index (κ2) is 6.98. The molecule has 0 aromatic heterocycles. The standard InChI is InChI=1S/C16H21F2NO2/c1-11-7-12(2)9-19(8-11)10-15(20)13-3-5-14(6-4-13)21-16(17)18/h3-6,11-12,16H,7-10H2,1-2H3/t11-,12+. The van der Waals surface area contributed by atoms with Gasteiger partial charge in [0.1, 0.15) is 5.75 Å². The van der Waals surface area contributed by atoms with E-state index < -0.39 is 6.61 Å². The fourth-order valence-corrected chi connectivity index (χ4v) is 3.04. The summed E-state index contributed by atoms with van der Waals surface area (Å²) < 4.78 is 28.4. The Morgan fingerprint density at radius 3 is 2.33 bits per heavy atom. The Bertz CT molecular complexity index is 466. The maximum atomic E-state index is 12.2. The summed E-state index contributed by atoms with van der Waals surface area (Å²) in [6.45, 7) is 3.80. The number of piperidine rings is 1. The van der Waals surface area contributed by atoms with Crippen LogP contribution < -0.4 is 4.74 Å². The number of hydrogen-bond donors (Lipinski definition) is 0. The number of hydrogen-bond acceptors (Lipinski definition) is 3. The van der Waals surface area contributed by atoms with Crippen molar-refractivity contribution in [3.05, 3.63) is 29.8 Å². The van der Waals surface area contributed by atoms with E-state index in [2.05, 4.69) is 23.5 Å². The van der Waals surface area contributed by atoms with E-state index in [4.69, 9.17) is 0 Å². The van der Waals surface area contributed by atoms with Crippen molar-refractivity contribution in [3.8, 4) is 5.75 Å². The number of ether oxygens (including phenoxy) is 1. The maximum absolute atomic E-state index is 12.2. The summed E-state index contributed by atoms with van der Waals surface area (Å²) in [4.78, 5) is 14.4. The molecular formula is C16H21F2NO2. The first-order valence-corrected chi connectivity index (χ1v) is 7.24. The van der Waals surface area contributed by atoms with Gasteiger partial charge in [0.25, 0.3) is 0 Å². The minimum Gasteiger partial charge on any atom is -0.435 e. The molecule has 0 spiro atoms. The number of carbonyl (C=O) groups is 1. The van der Waals surface area contributed by atoms with E-state index in [0.29, 0.717) is 23.9 Å². The van der Waals surface area contributed by atoms with E-state index in [1.54, 1.807) is 0 Å². The van der Waals surface area contributed by atoms with Crippen molar-refractivity contribution in [2.75, 3.05) is 19.6 Å². The number of rotatable bonds is 5. The summed E-state index contributed by atoms with van der Waals surface area (Å²) in [5.74, 6) is 1.29. The van der Waals surface area contributed by atoms with Gasteiger partial charge in [-0.2, -0.15) is 8.78 Å². The Balaban J connectivity index is 1.93. The monoisotopic (exact) mass is 297 g/mol. The molecule has 1 aliphatic rings. The molecule has 0 aliphatic carbocycles. The van der Waals surface area contributed by atoms with Crippen LogP contribution in [0.3, 0.4) is 0 Å². The Labute approximate surface area is 123 Å². The van der Waals surface area contributed by atoms with Crippen LogP contribution in [0.5, 0.6) is 5.75 Å². The normalized spacial score (nSPS) is 23.3. The minimum atomic E-state index is -2.84. The number of benzene rings is 1. The minimum absolute atomic E-state index is 0.0138. The zero-order valence-corrected chi connectivity index (χ0v) is 12.4. The topological polar surface area (TPSA) is 29.5 Å². The summed E-state index contributed by atoms with van der Waals surface area (Å²) in [6.07, 6.45) is 1.20. The third-order valence-corrected chi connectivity index (χ3v) is 3.71. The van der Waals surface area contributed by atoms with Crippen LogP contribution in [0.2, 0.25) is 0 Å². The molecule has 21 heavy (non-hydrogen) atoms. The molecule has 0 N–H and O–H groups in total. The first-order chi connectivity index (χ1) is 9.94. The lowest BCUT2D eigenvalue weighted by atomic mass is 9.91. The average Bonchev–Trinajstić information content (AvgIpc) is 2.37. The molecule has 0 amide bonds. The van der Waals surface area contributed by atoms with E-state index in [9.17, 15) is 13.6 Å². The number of halogens is 2. The highest BCUT2D eigenvalue weighted by molar-refractivity contribution is 5.97. The van der Waals surface area contributed by atoms with Crippen molar-refractivity contribution in [2.24, 2.45) is 11.8 Å². The average molecular weight is 297 g/mol. The Morgan fingerprint density at radius 1 is 1.24 bits per heavy atom. The van der Waals surface area contributed by atoms with E-state index in [1.807, 2.05) is 0 Å². The van der Waals surface area contributed by atoms with Crippen molar-refractivity contribution in [3.63, 3.8) is 0 Å². The Kier molecular flexibility index (Phi) is 5.28. The van der Waals surface area contributed by atoms with Crippen molar-refractivity contribution in [1.29, 1.82) is 0 Å². The first kappa shape index (κ1) is 15.9. The molecule has 5 heteroatoms. The molecule has 3 nitrogen and oxygen atoms in total. The van der Waals surface area contributed by atoms with Gasteiger partial charge < -0.3 is 4.74 Å². The van der Waals surface area contributed by atoms with E-state index in [1.165, 1.54) is 30.7 Å². The summed E-state index contributed by atoms with van der Waals surface area (Å²) in [5, 5.41) is 0. The molecule has 1 aromatic rings. The van der Waals surface area contributed by atoms with Crippen LogP contribution in [0.25, 0.3) is 0 Å². The SMILES string of the molecule is C[C@@H]1C[C@H](C)CN(CC(=O)c2ccc(OC(F)F)cc2)C1. The van der Waals surface area contributed by atoms with Crippen molar-refractivity contribution in [1.82, 2.24) is 4.90 Å². The molecule has 2 rings (SSSR count). The van der Waals surface area contributed by atoms with Gasteiger partial charge in [-0.3, -0.25) is 9.69 Å². The van der Waals surface area contributed by atoms with E-state index in [0.717, 1.165) is 13.1 Å². The first-order valence-electron chi connectivity index (χ1n) is 7.24. The predicted octanol–water partition coefficient (Wildman–Crippen LogP) is 3.45. The van der Waals surface area contributed by atoms with Crippen LogP contribution in [0.15, 0.2) is 24.3 Å². The number of alkyl halides is 2. The van der Waals surface area contributed by atoms with Crippen molar-refractivity contribution < 1.29 is 18.3 Å². The van der Waals surface area contributed by atoms with Crippen LogP contribution >= 0.6 is 0 Å². The lowest BCUT2D eigenvalue weighted by Crippen LogP contribution is -2.41. The fourth-order valence-electron chi connectivity index (χ4n) is 3.04. The van der Waals surface area contributed by atoms with Crippen molar-refractivity contribution >= 4 is 5.78 Å². The Morgan fingerprint density at radius 2 is 1.81 bits per heavy atom. The van der Waals surface area contributed by atoms with Gasteiger partial charge in [-0.15, -0.1) is 0 Å². The van der Waals surface area contributed by atoms with Crippen LogP contribution in [0.1, 0.15) is 30.6 Å². The van der Waals surface area contributed by atoms with Gasteiger partial charge in [-0.1, -0.05) is 13.8 Å². The number of Topliss-reactive ketones (excluding diaryl/α,β-unsaturated/α-hetero) is 1. The van der Waals surface area contributed by atoms with Gasteiger partial charge in [-0.25, -0.2) is 0 Å². The van der Waals surface area contributed by atoms with Gasteiger partial charge >= 0.3 is 6.61 Å². The molecule has 1 aliphatic heterocycles. The van der Waals surface area contributed by atoms with Crippen LogP contribution in [-0.4, -0.2) is 36.9 Å². The summed E-state index contributed by atoms with van der Waals surface area (Å²) >= 11 is 0. The Hall–Kier alpha value is -1.49. The second-order valence-electron chi connectivity index (χ2n) is 5.97. The third-order valence-electron chi connectivity index (χ3n) is 3.71. The van der Waals surface area contributed by atoms with Crippen LogP contribution in [0, 0.1) is 11.8 Å². The maximum Gasteiger partial charge on any atom is 0.387 e. The van der Waals surface area contributed by atoms with Gasteiger partial charge in [-0.05, 0) is 42.5 Å². The van der Waals surface area contributed by atoms with Gasteiger partial charge in [0, 0.05) is 18.7 Å². The number of nitrogens with zero attached hydrogens (tertiary/aromatic N) is 1. The van der Waals surface area contributed by atoms with Gasteiger partial charge in [0.15, 0.2) is 5.78 Å². The largest absolute Gasteiger partial charge is 0.435 e. The number of likely N-dealkylation sites (tertiary alicyclic amines) is 1. The molecule has 0 radical (unpaired) electrons. The van der Waals surface area contributed by atoms with Crippen LogP contribution in [-0.2, 0) is 0 Å². The van der Waals surface area contributed by atoms with Crippen molar-refractivity contribution in [2.45, 2.75) is 26.9 Å². The second-order valence-corrected chi connectivity index (χ2v) is 5.97. The third kappa shape index (κ3) is 4.77. The predicted molar refractivity (Wildman–Crippen MR) is 76.8 cm³/mol. The fraction of sp³-hybridized carbons (Fsp3) is 0.562. The van der Waals surface area contributed by atoms with E-state index in [-0.39, 0.29) is 11.5 Å². The zero-order valence-electron chi connectivity index (χ0n) is 12.4. The smallest absolute Gasteiger partial charge is 0.387 e. The molecule has 0 bridgehead atoms.